The summed E-state index contributed by atoms with van der Waals surface area (Å²) in [5.41, 5.74) is 4.37. The second-order valence-corrected chi connectivity index (χ2v) is 7.06. The third-order valence-electron chi connectivity index (χ3n) is 4.31. The van der Waals surface area contributed by atoms with Crippen LogP contribution in [0, 0.1) is 5.92 Å². The molecule has 0 saturated carbocycles. The number of benzene rings is 1. The van der Waals surface area contributed by atoms with Gasteiger partial charge in [-0.15, -0.1) is 0 Å². The number of hydrogen-bond acceptors (Lipinski definition) is 2. The van der Waals surface area contributed by atoms with E-state index in [4.69, 9.17) is 16.7 Å². The lowest BCUT2D eigenvalue weighted by Crippen LogP contribution is -2.31. The van der Waals surface area contributed by atoms with Crippen LogP contribution in [0.3, 0.4) is 0 Å². The van der Waals surface area contributed by atoms with Crippen LogP contribution in [0.5, 0.6) is 0 Å². The Labute approximate surface area is 146 Å². The van der Waals surface area contributed by atoms with Gasteiger partial charge >= 0.3 is 6.09 Å². The molecule has 6 heteroatoms. The molecular formula is C18H22ClN3O2. The van der Waals surface area contributed by atoms with Gasteiger partial charge in [0.05, 0.1) is 11.4 Å². The average molecular weight is 348 g/mol. The number of nitrogens with zero attached hydrogens (tertiary/aromatic N) is 3. The van der Waals surface area contributed by atoms with Crippen molar-refractivity contribution in [3.05, 3.63) is 40.5 Å². The van der Waals surface area contributed by atoms with E-state index >= 15 is 0 Å². The van der Waals surface area contributed by atoms with Gasteiger partial charge in [-0.2, -0.15) is 5.10 Å². The summed E-state index contributed by atoms with van der Waals surface area (Å²) in [6.45, 7) is 6.19. The Balaban J connectivity index is 2.04. The normalized spacial score (nSPS) is 14.6. The SMILES string of the molecule is CC(C)Cn1nc2c(c1-c1ccc(Cl)cc1)CCN(C(=O)O)CC2. The van der Waals surface area contributed by atoms with Crippen molar-refractivity contribution in [1.82, 2.24) is 14.7 Å². The topological polar surface area (TPSA) is 58.4 Å². The Morgan fingerprint density at radius 2 is 1.92 bits per heavy atom. The van der Waals surface area contributed by atoms with Crippen molar-refractivity contribution < 1.29 is 9.90 Å². The van der Waals surface area contributed by atoms with Crippen LogP contribution in [-0.2, 0) is 19.4 Å². The van der Waals surface area contributed by atoms with Crippen LogP contribution in [-0.4, -0.2) is 39.0 Å². The second kappa shape index (κ2) is 6.85. The van der Waals surface area contributed by atoms with Crippen molar-refractivity contribution in [3.8, 4) is 11.3 Å². The molecule has 3 rings (SSSR count). The molecule has 0 saturated heterocycles. The predicted molar refractivity (Wildman–Crippen MR) is 94.5 cm³/mol. The molecule has 1 aliphatic rings. The number of carbonyl (C=O) groups is 1. The Bertz CT molecular complexity index is 737. The summed E-state index contributed by atoms with van der Waals surface area (Å²) >= 11 is 6.03. The van der Waals surface area contributed by atoms with Crippen LogP contribution >= 0.6 is 11.6 Å². The van der Waals surface area contributed by atoms with Crippen molar-refractivity contribution in [3.63, 3.8) is 0 Å². The highest BCUT2D eigenvalue weighted by molar-refractivity contribution is 6.30. The Morgan fingerprint density at radius 1 is 1.25 bits per heavy atom. The van der Waals surface area contributed by atoms with E-state index in [1.807, 2.05) is 24.3 Å². The molecule has 0 spiro atoms. The molecule has 1 aliphatic heterocycles. The van der Waals surface area contributed by atoms with E-state index in [1.54, 1.807) is 0 Å². The second-order valence-electron chi connectivity index (χ2n) is 6.63. The van der Waals surface area contributed by atoms with Gasteiger partial charge in [-0.05, 0) is 24.5 Å². The van der Waals surface area contributed by atoms with Crippen molar-refractivity contribution in [2.45, 2.75) is 33.2 Å². The zero-order valence-corrected chi connectivity index (χ0v) is 14.8. The van der Waals surface area contributed by atoms with Crippen LogP contribution in [0.2, 0.25) is 5.02 Å². The van der Waals surface area contributed by atoms with Gasteiger partial charge < -0.3 is 10.0 Å². The fraction of sp³-hybridized carbons (Fsp3) is 0.444. The van der Waals surface area contributed by atoms with Gasteiger partial charge in [0.25, 0.3) is 0 Å². The Kier molecular flexibility index (Phi) is 4.81. The molecule has 2 heterocycles. The molecule has 0 fully saturated rings. The lowest BCUT2D eigenvalue weighted by atomic mass is 10.0. The Morgan fingerprint density at radius 3 is 2.54 bits per heavy atom. The summed E-state index contributed by atoms with van der Waals surface area (Å²) < 4.78 is 2.08. The summed E-state index contributed by atoms with van der Waals surface area (Å²) in [7, 11) is 0. The summed E-state index contributed by atoms with van der Waals surface area (Å²) in [5, 5.41) is 14.8. The van der Waals surface area contributed by atoms with Gasteiger partial charge in [0, 0.05) is 42.2 Å². The van der Waals surface area contributed by atoms with Crippen LogP contribution in [0.1, 0.15) is 25.1 Å². The van der Waals surface area contributed by atoms with Crippen LogP contribution < -0.4 is 0 Å². The standard InChI is InChI=1S/C18H22ClN3O2/c1-12(2)11-22-17(13-3-5-14(19)6-4-13)15-7-9-21(18(23)24)10-8-16(15)20-22/h3-6,12H,7-11H2,1-2H3,(H,23,24). The van der Waals surface area contributed by atoms with Crippen LogP contribution in [0.25, 0.3) is 11.3 Å². The van der Waals surface area contributed by atoms with Crippen LogP contribution in [0.4, 0.5) is 4.79 Å². The highest BCUT2D eigenvalue weighted by atomic mass is 35.5. The first kappa shape index (κ1) is 16.8. The summed E-state index contributed by atoms with van der Waals surface area (Å²) in [6.07, 6.45) is 0.494. The van der Waals surface area contributed by atoms with E-state index in [-0.39, 0.29) is 0 Å². The first-order chi connectivity index (χ1) is 11.5. The number of halogens is 1. The third-order valence-corrected chi connectivity index (χ3v) is 4.56. The smallest absolute Gasteiger partial charge is 0.407 e. The monoisotopic (exact) mass is 347 g/mol. The number of rotatable bonds is 3. The third kappa shape index (κ3) is 3.41. The maximum Gasteiger partial charge on any atom is 0.407 e. The minimum atomic E-state index is -0.858. The molecule has 0 bridgehead atoms. The maximum atomic E-state index is 11.3. The molecule has 0 radical (unpaired) electrons. The molecule has 1 N–H and O–H groups in total. The van der Waals surface area contributed by atoms with E-state index in [0.717, 1.165) is 23.5 Å². The molecule has 1 amide bonds. The van der Waals surface area contributed by atoms with Gasteiger partial charge in [-0.1, -0.05) is 37.6 Å². The molecule has 0 atom stereocenters. The molecule has 1 aromatic heterocycles. The fourth-order valence-electron chi connectivity index (χ4n) is 3.21. The van der Waals surface area contributed by atoms with E-state index in [0.29, 0.717) is 36.9 Å². The fourth-order valence-corrected chi connectivity index (χ4v) is 3.34. The lowest BCUT2D eigenvalue weighted by Gasteiger charge is -2.16. The number of fused-ring (bicyclic) bond motifs is 1. The largest absolute Gasteiger partial charge is 0.465 e. The number of aromatic nitrogens is 2. The minimum absolute atomic E-state index is 0.482. The van der Waals surface area contributed by atoms with Gasteiger partial charge in [0.1, 0.15) is 0 Å². The van der Waals surface area contributed by atoms with Crippen molar-refractivity contribution in [1.29, 1.82) is 0 Å². The number of hydrogen-bond donors (Lipinski definition) is 1. The molecule has 128 valence electrons. The zero-order valence-electron chi connectivity index (χ0n) is 14.0. The maximum absolute atomic E-state index is 11.3. The lowest BCUT2D eigenvalue weighted by molar-refractivity contribution is 0.147. The van der Waals surface area contributed by atoms with Gasteiger partial charge in [0.15, 0.2) is 0 Å². The highest BCUT2D eigenvalue weighted by Gasteiger charge is 2.25. The van der Waals surface area contributed by atoms with E-state index in [9.17, 15) is 9.90 Å². The molecular weight excluding hydrogens is 326 g/mol. The molecule has 0 aliphatic carbocycles. The number of carboxylic acid groups (broad SMARTS) is 1. The zero-order chi connectivity index (χ0) is 17.3. The summed E-state index contributed by atoms with van der Waals surface area (Å²) in [6, 6.07) is 7.79. The van der Waals surface area contributed by atoms with Crippen molar-refractivity contribution in [2.75, 3.05) is 13.1 Å². The summed E-state index contributed by atoms with van der Waals surface area (Å²) in [4.78, 5) is 12.7. The summed E-state index contributed by atoms with van der Waals surface area (Å²) in [5.74, 6) is 0.482. The van der Waals surface area contributed by atoms with Crippen molar-refractivity contribution in [2.24, 2.45) is 5.92 Å². The highest BCUT2D eigenvalue weighted by Crippen LogP contribution is 2.30. The quantitative estimate of drug-likeness (QED) is 0.914. The van der Waals surface area contributed by atoms with Crippen LogP contribution in [0.15, 0.2) is 24.3 Å². The minimum Gasteiger partial charge on any atom is -0.465 e. The first-order valence-corrected chi connectivity index (χ1v) is 8.66. The Hall–Kier alpha value is -2.01. The average Bonchev–Trinajstić information content (AvgIpc) is 2.71. The van der Waals surface area contributed by atoms with Gasteiger partial charge in [-0.3, -0.25) is 4.68 Å². The molecule has 2 aromatic rings. The van der Waals surface area contributed by atoms with E-state index in [1.165, 1.54) is 10.5 Å². The first-order valence-electron chi connectivity index (χ1n) is 8.28. The number of amides is 1. The van der Waals surface area contributed by atoms with E-state index in [2.05, 4.69) is 18.5 Å². The molecule has 5 nitrogen and oxygen atoms in total. The molecule has 1 aromatic carbocycles. The van der Waals surface area contributed by atoms with E-state index < -0.39 is 6.09 Å². The van der Waals surface area contributed by atoms with Gasteiger partial charge in [0.2, 0.25) is 0 Å². The molecule has 24 heavy (non-hydrogen) atoms. The molecule has 0 unspecified atom stereocenters. The van der Waals surface area contributed by atoms with Crippen molar-refractivity contribution >= 4 is 17.7 Å². The predicted octanol–water partition coefficient (Wildman–Crippen LogP) is 3.94. The van der Waals surface area contributed by atoms with Gasteiger partial charge in [-0.25, -0.2) is 4.79 Å².